The van der Waals surface area contributed by atoms with Crippen LogP contribution in [0.15, 0.2) is 22.7 Å². The number of alkyl halides is 1. The quantitative estimate of drug-likeness (QED) is 0.409. The molecule has 0 saturated carbocycles. The molecule has 1 amide bonds. The molecule has 1 atom stereocenters. The summed E-state index contributed by atoms with van der Waals surface area (Å²) in [6, 6.07) is 5.47. The zero-order chi connectivity index (χ0) is 14.7. The van der Waals surface area contributed by atoms with Crippen molar-refractivity contribution < 1.29 is 42.2 Å². The minimum Gasteiger partial charge on any atom is -0.481 e. The van der Waals surface area contributed by atoms with E-state index in [1.165, 1.54) is 4.90 Å². The Hall–Kier alpha value is -0.336. The first-order valence-electron chi connectivity index (χ1n) is 5.93. The molecule has 0 aromatic heterocycles. The Labute approximate surface area is 163 Å². The summed E-state index contributed by atoms with van der Waals surface area (Å²) >= 11 is 9.39. The van der Waals surface area contributed by atoms with Crippen LogP contribution in [0.1, 0.15) is 12.0 Å². The SMILES string of the molecule is C#CCOc1ccc(C2=[C-]CC(Cl)C(=O)N2C)c(Br)c1.[Y]. The topological polar surface area (TPSA) is 29.5 Å². The number of hydrogen-bond acceptors (Lipinski definition) is 2. The maximum atomic E-state index is 11.9. The predicted molar refractivity (Wildman–Crippen MR) is 82.1 cm³/mol. The monoisotopic (exact) mass is 441 g/mol. The number of carbonyl (C=O) groups is 1. The van der Waals surface area contributed by atoms with Crippen molar-refractivity contribution in [3.05, 3.63) is 34.3 Å². The summed E-state index contributed by atoms with van der Waals surface area (Å²) in [5.74, 6) is 2.95. The van der Waals surface area contributed by atoms with Crippen molar-refractivity contribution in [2.75, 3.05) is 13.7 Å². The van der Waals surface area contributed by atoms with Gasteiger partial charge in [-0.25, -0.2) is 6.08 Å². The fourth-order valence-corrected chi connectivity index (χ4v) is 2.66. The molecule has 107 valence electrons. The Balaban J connectivity index is 0.00000220. The predicted octanol–water partition coefficient (Wildman–Crippen LogP) is 3.07. The zero-order valence-electron chi connectivity index (χ0n) is 11.4. The third-order valence-corrected chi connectivity index (χ3v) is 3.90. The summed E-state index contributed by atoms with van der Waals surface area (Å²) in [4.78, 5) is 13.4. The number of nitrogens with zero attached hydrogens (tertiary/aromatic N) is 1. The number of halogens is 2. The molecular formula is C15H12BrClNO2Y-. The van der Waals surface area contributed by atoms with Crippen molar-refractivity contribution in [3.63, 3.8) is 0 Å². The van der Waals surface area contributed by atoms with Crippen molar-refractivity contribution >= 4 is 39.1 Å². The molecule has 1 radical (unpaired) electrons. The number of terminal acetylenes is 1. The molecule has 0 saturated heterocycles. The molecule has 1 heterocycles. The van der Waals surface area contributed by atoms with Crippen LogP contribution in [0.3, 0.4) is 0 Å². The van der Waals surface area contributed by atoms with Gasteiger partial charge in [0.1, 0.15) is 17.7 Å². The second-order valence-electron chi connectivity index (χ2n) is 4.23. The number of amides is 1. The minimum atomic E-state index is -0.541. The van der Waals surface area contributed by atoms with E-state index >= 15 is 0 Å². The second kappa shape index (κ2) is 8.34. The Morgan fingerprint density at radius 1 is 1.62 bits per heavy atom. The average molecular weight is 443 g/mol. The van der Waals surface area contributed by atoms with E-state index in [2.05, 4.69) is 27.9 Å². The molecule has 0 bridgehead atoms. The molecular weight excluding hydrogens is 430 g/mol. The van der Waals surface area contributed by atoms with Gasteiger partial charge in [0.05, 0.1) is 0 Å². The number of carbonyl (C=O) groups excluding carboxylic acids is 1. The number of ether oxygens (including phenoxy) is 1. The molecule has 3 nitrogen and oxygen atoms in total. The van der Waals surface area contributed by atoms with Gasteiger partial charge in [-0.2, -0.15) is 0 Å². The maximum absolute atomic E-state index is 11.9. The van der Waals surface area contributed by atoms with Crippen LogP contribution in [0.25, 0.3) is 5.70 Å². The zero-order valence-corrected chi connectivity index (χ0v) is 16.6. The van der Waals surface area contributed by atoms with Crippen molar-refractivity contribution in [1.82, 2.24) is 4.90 Å². The molecule has 1 aromatic carbocycles. The van der Waals surface area contributed by atoms with Crippen LogP contribution in [0.4, 0.5) is 0 Å². The van der Waals surface area contributed by atoms with Gasteiger partial charge in [0.25, 0.3) is 0 Å². The van der Waals surface area contributed by atoms with Crippen molar-refractivity contribution in [3.8, 4) is 18.1 Å². The summed E-state index contributed by atoms with van der Waals surface area (Å²) in [5, 5.41) is -0.541. The van der Waals surface area contributed by atoms with Crippen LogP contribution in [-0.4, -0.2) is 29.8 Å². The van der Waals surface area contributed by atoms with Gasteiger partial charge < -0.3 is 9.64 Å². The van der Waals surface area contributed by atoms with E-state index in [1.54, 1.807) is 13.1 Å². The average Bonchev–Trinajstić information content (AvgIpc) is 2.44. The Morgan fingerprint density at radius 3 is 2.95 bits per heavy atom. The van der Waals surface area contributed by atoms with Gasteiger partial charge in [-0.05, 0) is 12.1 Å². The fourth-order valence-electron chi connectivity index (χ4n) is 1.89. The van der Waals surface area contributed by atoms with Crippen molar-refractivity contribution in [2.24, 2.45) is 0 Å². The van der Waals surface area contributed by atoms with Crippen LogP contribution in [0.2, 0.25) is 0 Å². The molecule has 2 rings (SSSR count). The molecule has 0 spiro atoms. The molecule has 21 heavy (non-hydrogen) atoms. The summed E-state index contributed by atoms with van der Waals surface area (Å²) in [6.45, 7) is 0.215. The van der Waals surface area contributed by atoms with Crippen LogP contribution >= 0.6 is 27.5 Å². The molecule has 1 aromatic rings. The van der Waals surface area contributed by atoms with Gasteiger partial charge in [0.15, 0.2) is 0 Å². The first-order valence-corrected chi connectivity index (χ1v) is 7.16. The summed E-state index contributed by atoms with van der Waals surface area (Å²) in [5.41, 5.74) is 1.57. The van der Waals surface area contributed by atoms with Crippen LogP contribution in [0, 0.1) is 18.4 Å². The van der Waals surface area contributed by atoms with Gasteiger partial charge in [0, 0.05) is 39.8 Å². The van der Waals surface area contributed by atoms with E-state index in [0.29, 0.717) is 17.9 Å². The number of benzene rings is 1. The van der Waals surface area contributed by atoms with Gasteiger partial charge in [0.2, 0.25) is 5.91 Å². The van der Waals surface area contributed by atoms with E-state index in [-0.39, 0.29) is 45.2 Å². The molecule has 0 N–H and O–H groups in total. The Kier molecular flexibility index (Phi) is 7.43. The standard InChI is InChI=1S/C15H12BrClNO2.Y/c1-3-8-20-10-4-5-11(12(16)9-10)14-7-6-13(17)15(19)18(14)2;/h1,4-5,9,13H,6,8H2,2H3;/q-1;. The van der Waals surface area contributed by atoms with E-state index in [4.69, 9.17) is 22.8 Å². The number of hydrogen-bond donors (Lipinski definition) is 0. The van der Waals surface area contributed by atoms with Gasteiger partial charge in [-0.15, -0.1) is 35.4 Å². The van der Waals surface area contributed by atoms with Gasteiger partial charge in [-0.3, -0.25) is 4.79 Å². The first-order chi connectivity index (χ1) is 9.54. The van der Waals surface area contributed by atoms with E-state index in [9.17, 15) is 4.79 Å². The summed E-state index contributed by atoms with van der Waals surface area (Å²) in [7, 11) is 1.69. The third-order valence-electron chi connectivity index (χ3n) is 2.90. The van der Waals surface area contributed by atoms with Crippen molar-refractivity contribution in [2.45, 2.75) is 11.8 Å². The maximum Gasteiger partial charge on any atom is 0.240 e. The normalized spacial score (nSPS) is 17.6. The molecule has 0 aliphatic carbocycles. The molecule has 6 heteroatoms. The molecule has 0 fully saturated rings. The number of allylic oxidation sites excluding steroid dienone is 1. The van der Waals surface area contributed by atoms with Crippen LogP contribution in [0.5, 0.6) is 5.75 Å². The Bertz CT molecular complexity index is 612. The molecule has 1 unspecified atom stereocenters. The van der Waals surface area contributed by atoms with Crippen LogP contribution < -0.4 is 4.74 Å². The van der Waals surface area contributed by atoms with E-state index < -0.39 is 5.38 Å². The second-order valence-corrected chi connectivity index (χ2v) is 5.61. The van der Waals surface area contributed by atoms with Gasteiger partial charge in [-0.1, -0.05) is 32.7 Å². The van der Waals surface area contributed by atoms with E-state index in [1.807, 2.05) is 12.1 Å². The largest absolute Gasteiger partial charge is 0.481 e. The summed E-state index contributed by atoms with van der Waals surface area (Å²) in [6.07, 6.45) is 8.71. The van der Waals surface area contributed by atoms with Crippen LogP contribution in [-0.2, 0) is 37.5 Å². The van der Waals surface area contributed by atoms with E-state index in [0.717, 1.165) is 10.0 Å². The first kappa shape index (κ1) is 18.7. The Morgan fingerprint density at radius 2 is 2.33 bits per heavy atom. The smallest absolute Gasteiger partial charge is 0.240 e. The van der Waals surface area contributed by atoms with Crippen molar-refractivity contribution in [1.29, 1.82) is 0 Å². The summed E-state index contributed by atoms with van der Waals surface area (Å²) < 4.78 is 6.15. The molecule has 1 aliphatic heterocycles. The minimum absolute atomic E-state index is 0. The fraction of sp³-hybridized carbons (Fsp3) is 0.267. The third kappa shape index (κ3) is 4.33. The molecule has 1 aliphatic rings. The number of rotatable bonds is 3. The van der Waals surface area contributed by atoms with Gasteiger partial charge >= 0.3 is 0 Å².